The number of ether oxygens (including phenoxy) is 1. The van der Waals surface area contributed by atoms with Crippen LogP contribution in [0.1, 0.15) is 34.6 Å². The molecule has 19 heavy (non-hydrogen) atoms. The van der Waals surface area contributed by atoms with Crippen molar-refractivity contribution in [3.63, 3.8) is 0 Å². The van der Waals surface area contributed by atoms with Gasteiger partial charge < -0.3 is 4.74 Å². The van der Waals surface area contributed by atoms with Crippen LogP contribution in [0.4, 0.5) is 0 Å². The number of carbonyl (C=O) groups excluding carboxylic acids is 2. The molecule has 0 saturated heterocycles. The molecule has 0 aliphatic rings. The normalized spacial score (nSPS) is 14.6. The van der Waals surface area contributed by atoms with Crippen molar-refractivity contribution in [3.8, 4) is 0 Å². The molecule has 0 aromatic carbocycles. The van der Waals surface area contributed by atoms with E-state index < -0.39 is 17.0 Å². The van der Waals surface area contributed by atoms with E-state index in [1.165, 1.54) is 19.3 Å². The van der Waals surface area contributed by atoms with Gasteiger partial charge in [0, 0.05) is 0 Å². The predicted molar refractivity (Wildman–Crippen MR) is 70.5 cm³/mol. The first-order valence-corrected chi connectivity index (χ1v) is 6.41. The van der Waals surface area contributed by atoms with E-state index in [0.29, 0.717) is 0 Å². The van der Waals surface area contributed by atoms with Crippen molar-refractivity contribution in [2.45, 2.75) is 40.2 Å². The lowest BCUT2D eigenvalue weighted by Gasteiger charge is -2.28. The van der Waals surface area contributed by atoms with Gasteiger partial charge in [0.25, 0.3) is 0 Å². The Balaban J connectivity index is 4.54. The van der Waals surface area contributed by atoms with Gasteiger partial charge in [-0.3, -0.25) is 9.59 Å². The van der Waals surface area contributed by atoms with Crippen molar-refractivity contribution in [1.82, 2.24) is 0 Å². The van der Waals surface area contributed by atoms with Crippen molar-refractivity contribution < 1.29 is 28.6 Å². The third-order valence-electron chi connectivity index (χ3n) is 2.16. The summed E-state index contributed by atoms with van der Waals surface area (Å²) >= 11 is 0.801. The molecular formula is C12H20O6S. The van der Waals surface area contributed by atoms with Crippen molar-refractivity contribution in [3.05, 3.63) is 12.0 Å². The maximum atomic E-state index is 12.0. The Morgan fingerprint density at radius 1 is 1.26 bits per heavy atom. The lowest BCUT2D eigenvalue weighted by molar-refractivity contribution is -0.464. The zero-order valence-electron chi connectivity index (χ0n) is 11.8. The van der Waals surface area contributed by atoms with Crippen molar-refractivity contribution in [2.24, 2.45) is 5.41 Å². The summed E-state index contributed by atoms with van der Waals surface area (Å²) in [6, 6.07) is 0. The molecule has 0 heterocycles. The lowest BCUT2D eigenvalue weighted by atomic mass is 9.87. The van der Waals surface area contributed by atoms with E-state index in [2.05, 4.69) is 20.8 Å². The van der Waals surface area contributed by atoms with E-state index in [1.807, 2.05) is 0 Å². The molecule has 0 N–H and O–H groups in total. The first-order valence-electron chi connectivity index (χ1n) is 5.60. The van der Waals surface area contributed by atoms with Crippen LogP contribution in [-0.2, 0) is 28.6 Å². The molecule has 1 unspecified atom stereocenters. The highest BCUT2D eigenvalue weighted by molar-refractivity contribution is 7.97. The molecule has 0 bridgehead atoms. The molecule has 0 aliphatic heterocycles. The summed E-state index contributed by atoms with van der Waals surface area (Å²) < 4.78 is 9.64. The average Bonchev–Trinajstić information content (AvgIpc) is 2.25. The van der Waals surface area contributed by atoms with Gasteiger partial charge in [-0.05, 0) is 40.0 Å². The smallest absolute Gasteiger partial charge is 0.322 e. The topological polar surface area (TPSA) is 71.1 Å². The maximum Gasteiger partial charge on any atom is 0.322 e. The van der Waals surface area contributed by atoms with E-state index in [4.69, 9.17) is 4.74 Å². The van der Waals surface area contributed by atoms with Gasteiger partial charge in [0.1, 0.15) is 23.4 Å². The number of carbonyl (C=O) groups is 2. The molecule has 0 spiro atoms. The molecule has 0 aliphatic carbocycles. The number of hydrogen-bond donors (Lipinski definition) is 0. The van der Waals surface area contributed by atoms with Crippen LogP contribution in [0, 0.1) is 5.41 Å². The predicted octanol–water partition coefficient (Wildman–Crippen LogP) is 2.59. The zero-order valence-corrected chi connectivity index (χ0v) is 12.7. The molecular weight excluding hydrogens is 272 g/mol. The SMILES string of the molecule is C=CSOOOCC(C)(C(C)=O)C(=O)OC(C)(C)C. The fourth-order valence-corrected chi connectivity index (χ4v) is 1.03. The Bertz CT molecular complexity index is 336. The van der Waals surface area contributed by atoms with Crippen LogP contribution >= 0.6 is 12.0 Å². The van der Waals surface area contributed by atoms with Gasteiger partial charge in [-0.15, -0.1) is 4.33 Å². The van der Waals surface area contributed by atoms with Crippen LogP contribution in [0.2, 0.25) is 0 Å². The first kappa shape index (κ1) is 18.1. The molecule has 110 valence electrons. The van der Waals surface area contributed by atoms with Gasteiger partial charge >= 0.3 is 5.97 Å². The van der Waals surface area contributed by atoms with Crippen LogP contribution < -0.4 is 0 Å². The van der Waals surface area contributed by atoms with Gasteiger partial charge in [0.05, 0.1) is 12.0 Å². The van der Waals surface area contributed by atoms with Crippen LogP contribution in [-0.4, -0.2) is 24.0 Å². The van der Waals surface area contributed by atoms with Crippen molar-refractivity contribution in [1.29, 1.82) is 0 Å². The van der Waals surface area contributed by atoms with Crippen molar-refractivity contribution in [2.75, 3.05) is 6.61 Å². The minimum Gasteiger partial charge on any atom is -0.459 e. The quantitative estimate of drug-likeness (QED) is 0.170. The zero-order chi connectivity index (χ0) is 15.1. The highest BCUT2D eigenvalue weighted by Crippen LogP contribution is 2.24. The number of hydrogen-bond acceptors (Lipinski definition) is 7. The van der Waals surface area contributed by atoms with Crippen molar-refractivity contribution >= 4 is 23.8 Å². The number of Topliss-reactive ketones (excluding diaryl/α,β-unsaturated/α-hetero) is 1. The Morgan fingerprint density at radius 2 is 1.84 bits per heavy atom. The van der Waals surface area contributed by atoms with Gasteiger partial charge in [-0.25, -0.2) is 4.89 Å². The van der Waals surface area contributed by atoms with Crippen LogP contribution in [0.25, 0.3) is 0 Å². The summed E-state index contributed by atoms with van der Waals surface area (Å²) in [5, 5.41) is 5.71. The Hall–Kier alpha value is -0.890. The molecule has 0 aromatic heterocycles. The number of ketones is 1. The standard InChI is InChI=1S/C12H20O6S/c1-7-19-18-17-15-8-12(6,9(2)13)10(14)16-11(3,4)5/h7H,1,8H2,2-6H3. The summed E-state index contributed by atoms with van der Waals surface area (Å²) in [6.45, 7) is 10.9. The summed E-state index contributed by atoms with van der Waals surface area (Å²) in [7, 11) is 0. The highest BCUT2D eigenvalue weighted by Gasteiger charge is 2.42. The number of esters is 1. The molecule has 0 radical (unpaired) electrons. The van der Waals surface area contributed by atoms with E-state index in [-0.39, 0.29) is 12.4 Å². The first-order chi connectivity index (χ1) is 8.63. The Kier molecular flexibility index (Phi) is 7.28. The average molecular weight is 292 g/mol. The van der Waals surface area contributed by atoms with Crippen LogP contribution in [0.15, 0.2) is 12.0 Å². The van der Waals surface area contributed by atoms with E-state index in [9.17, 15) is 9.59 Å². The minimum absolute atomic E-state index is 0.311. The summed E-state index contributed by atoms with van der Waals surface area (Å²) in [4.78, 5) is 28.3. The fourth-order valence-electron chi connectivity index (χ4n) is 0.900. The van der Waals surface area contributed by atoms with Gasteiger partial charge in [-0.1, -0.05) is 11.6 Å². The number of rotatable bonds is 8. The third kappa shape index (κ3) is 6.72. The van der Waals surface area contributed by atoms with Crippen LogP contribution in [0.5, 0.6) is 0 Å². The van der Waals surface area contributed by atoms with Gasteiger partial charge in [-0.2, -0.15) is 0 Å². The largest absolute Gasteiger partial charge is 0.459 e. The molecule has 0 fully saturated rings. The molecule has 7 heteroatoms. The second-order valence-electron chi connectivity index (χ2n) is 5.05. The Morgan fingerprint density at radius 3 is 2.26 bits per heavy atom. The summed E-state index contributed by atoms with van der Waals surface area (Å²) in [5.74, 6) is -1.06. The van der Waals surface area contributed by atoms with Gasteiger partial charge in [0.15, 0.2) is 0 Å². The second-order valence-corrected chi connectivity index (χ2v) is 5.71. The molecule has 0 amide bonds. The molecule has 0 aromatic rings. The van der Waals surface area contributed by atoms with E-state index >= 15 is 0 Å². The maximum absolute atomic E-state index is 12.0. The molecule has 0 saturated carbocycles. The van der Waals surface area contributed by atoms with Crippen LogP contribution in [0.3, 0.4) is 0 Å². The third-order valence-corrected chi connectivity index (χ3v) is 2.43. The molecule has 0 rings (SSSR count). The van der Waals surface area contributed by atoms with E-state index in [0.717, 1.165) is 12.0 Å². The summed E-state index contributed by atoms with van der Waals surface area (Å²) in [5.41, 5.74) is -2.14. The molecule has 1 atom stereocenters. The monoisotopic (exact) mass is 292 g/mol. The second kappa shape index (κ2) is 7.64. The highest BCUT2D eigenvalue weighted by atomic mass is 32.2. The van der Waals surface area contributed by atoms with Gasteiger partial charge in [0.2, 0.25) is 0 Å². The molecule has 6 nitrogen and oxygen atoms in total. The summed E-state index contributed by atoms with van der Waals surface area (Å²) in [6.07, 6.45) is 0. The minimum atomic E-state index is -1.45. The Labute approximate surface area is 117 Å². The fraction of sp³-hybridized carbons (Fsp3) is 0.667. The van der Waals surface area contributed by atoms with E-state index in [1.54, 1.807) is 20.8 Å². The lowest BCUT2D eigenvalue weighted by Crippen LogP contribution is -2.43.